The normalized spacial score (nSPS) is 13.8. The number of para-hydroxylation sites is 1. The van der Waals surface area contributed by atoms with Crippen LogP contribution < -0.4 is 10.2 Å². The number of hydrogen-bond donors (Lipinski definition) is 1. The number of pyridine rings is 1. The van der Waals surface area contributed by atoms with Gasteiger partial charge in [-0.2, -0.15) is 0 Å². The lowest BCUT2D eigenvalue weighted by Crippen LogP contribution is -2.23. The summed E-state index contributed by atoms with van der Waals surface area (Å²) < 4.78 is 0. The van der Waals surface area contributed by atoms with Crippen LogP contribution in [0.3, 0.4) is 0 Å². The van der Waals surface area contributed by atoms with E-state index in [1.807, 2.05) is 0 Å². The molecule has 2 heterocycles. The number of aromatic nitrogens is 1. The third-order valence-electron chi connectivity index (χ3n) is 3.65. The first kappa shape index (κ1) is 13.1. The van der Waals surface area contributed by atoms with Crippen LogP contribution in [-0.2, 0) is 13.0 Å². The van der Waals surface area contributed by atoms with Crippen LogP contribution in [-0.4, -0.2) is 17.6 Å². The molecule has 0 bridgehead atoms. The van der Waals surface area contributed by atoms with Crippen molar-refractivity contribution in [3.8, 4) is 0 Å². The molecule has 104 valence electrons. The minimum absolute atomic E-state index is 0.480. The summed E-state index contributed by atoms with van der Waals surface area (Å²) in [6, 6.07) is 15.4. The Bertz CT molecular complexity index is 592. The topological polar surface area (TPSA) is 28.2 Å². The zero-order valence-corrected chi connectivity index (χ0v) is 12.1. The molecule has 0 spiro atoms. The van der Waals surface area contributed by atoms with Crippen LogP contribution in [0.25, 0.3) is 0 Å². The summed E-state index contributed by atoms with van der Waals surface area (Å²) in [4.78, 5) is 7.10. The van der Waals surface area contributed by atoms with Crippen molar-refractivity contribution in [2.75, 3.05) is 11.4 Å². The van der Waals surface area contributed by atoms with Gasteiger partial charge in [-0.1, -0.05) is 38.1 Å². The molecule has 3 rings (SSSR count). The van der Waals surface area contributed by atoms with Crippen LogP contribution in [0.15, 0.2) is 42.5 Å². The molecule has 1 aromatic carbocycles. The number of rotatable bonds is 4. The minimum Gasteiger partial charge on any atom is -0.326 e. The highest BCUT2D eigenvalue weighted by Crippen LogP contribution is 2.32. The molecular weight excluding hydrogens is 246 g/mol. The van der Waals surface area contributed by atoms with Gasteiger partial charge < -0.3 is 10.2 Å². The Labute approximate surface area is 120 Å². The molecule has 0 fully saturated rings. The second kappa shape index (κ2) is 5.63. The van der Waals surface area contributed by atoms with Gasteiger partial charge in [0.2, 0.25) is 0 Å². The van der Waals surface area contributed by atoms with Crippen molar-refractivity contribution in [2.24, 2.45) is 0 Å². The predicted octanol–water partition coefficient (Wildman–Crippen LogP) is 3.27. The molecule has 3 heteroatoms. The van der Waals surface area contributed by atoms with E-state index in [1.54, 1.807) is 0 Å². The van der Waals surface area contributed by atoms with E-state index >= 15 is 0 Å². The number of anilines is 2. The molecule has 1 aromatic heterocycles. The summed E-state index contributed by atoms with van der Waals surface area (Å²) in [7, 11) is 0. The summed E-state index contributed by atoms with van der Waals surface area (Å²) in [5.41, 5.74) is 3.81. The first-order valence-electron chi connectivity index (χ1n) is 7.29. The van der Waals surface area contributed by atoms with Gasteiger partial charge in [0.15, 0.2) is 0 Å². The van der Waals surface area contributed by atoms with Gasteiger partial charge in [-0.15, -0.1) is 0 Å². The monoisotopic (exact) mass is 267 g/mol. The van der Waals surface area contributed by atoms with Gasteiger partial charge in [0.1, 0.15) is 5.82 Å². The smallest absolute Gasteiger partial charge is 0.133 e. The third kappa shape index (κ3) is 2.68. The summed E-state index contributed by atoms with van der Waals surface area (Å²) in [6.07, 6.45) is 1.10. The Morgan fingerprint density at radius 2 is 2.00 bits per heavy atom. The molecule has 1 aliphatic heterocycles. The maximum absolute atomic E-state index is 4.79. The molecule has 0 radical (unpaired) electrons. The van der Waals surface area contributed by atoms with Crippen molar-refractivity contribution in [1.82, 2.24) is 10.3 Å². The van der Waals surface area contributed by atoms with Gasteiger partial charge in [0.25, 0.3) is 0 Å². The van der Waals surface area contributed by atoms with Gasteiger partial charge in [-0.25, -0.2) is 4.98 Å². The van der Waals surface area contributed by atoms with Crippen LogP contribution in [0.4, 0.5) is 11.5 Å². The van der Waals surface area contributed by atoms with Gasteiger partial charge >= 0.3 is 0 Å². The molecular formula is C17H21N3. The second-order valence-electron chi connectivity index (χ2n) is 5.55. The molecule has 0 saturated heterocycles. The molecule has 20 heavy (non-hydrogen) atoms. The van der Waals surface area contributed by atoms with E-state index in [2.05, 4.69) is 66.5 Å². The van der Waals surface area contributed by atoms with Crippen molar-refractivity contribution >= 4 is 11.5 Å². The minimum atomic E-state index is 0.480. The van der Waals surface area contributed by atoms with Gasteiger partial charge in [-0.3, -0.25) is 0 Å². The lowest BCUT2D eigenvalue weighted by molar-refractivity contribution is 0.581. The fourth-order valence-electron chi connectivity index (χ4n) is 2.60. The molecule has 0 unspecified atom stereocenters. The van der Waals surface area contributed by atoms with E-state index in [0.29, 0.717) is 6.04 Å². The highest BCUT2D eigenvalue weighted by atomic mass is 15.2. The van der Waals surface area contributed by atoms with Crippen LogP contribution in [0.1, 0.15) is 25.1 Å². The number of hydrogen-bond acceptors (Lipinski definition) is 3. The van der Waals surface area contributed by atoms with Gasteiger partial charge in [0, 0.05) is 24.8 Å². The van der Waals surface area contributed by atoms with E-state index in [1.165, 1.54) is 11.3 Å². The van der Waals surface area contributed by atoms with E-state index in [-0.39, 0.29) is 0 Å². The summed E-state index contributed by atoms with van der Waals surface area (Å²) in [5.74, 6) is 1.05. The first-order valence-corrected chi connectivity index (χ1v) is 7.29. The maximum Gasteiger partial charge on any atom is 0.133 e. The summed E-state index contributed by atoms with van der Waals surface area (Å²) in [6.45, 7) is 6.15. The van der Waals surface area contributed by atoms with Crippen molar-refractivity contribution in [2.45, 2.75) is 32.9 Å². The van der Waals surface area contributed by atoms with E-state index in [9.17, 15) is 0 Å². The SMILES string of the molecule is CC(C)NCc1cccc(N2CCc3ccccc32)n1. The Morgan fingerprint density at radius 1 is 1.15 bits per heavy atom. The average molecular weight is 267 g/mol. The quantitative estimate of drug-likeness (QED) is 0.921. The Morgan fingerprint density at radius 3 is 2.85 bits per heavy atom. The molecule has 0 amide bonds. The van der Waals surface area contributed by atoms with Crippen LogP contribution >= 0.6 is 0 Å². The molecule has 1 aliphatic rings. The fourth-order valence-corrected chi connectivity index (χ4v) is 2.60. The lowest BCUT2D eigenvalue weighted by Gasteiger charge is -2.19. The third-order valence-corrected chi connectivity index (χ3v) is 3.65. The van der Waals surface area contributed by atoms with Crippen molar-refractivity contribution in [3.05, 3.63) is 53.7 Å². The van der Waals surface area contributed by atoms with Crippen molar-refractivity contribution in [3.63, 3.8) is 0 Å². The molecule has 0 atom stereocenters. The number of nitrogens with zero attached hydrogens (tertiary/aromatic N) is 2. The van der Waals surface area contributed by atoms with E-state index in [4.69, 9.17) is 4.98 Å². The second-order valence-corrected chi connectivity index (χ2v) is 5.55. The number of nitrogens with one attached hydrogen (secondary N) is 1. The Hall–Kier alpha value is -1.87. The predicted molar refractivity (Wildman–Crippen MR) is 83.4 cm³/mol. The molecule has 2 aromatic rings. The standard InChI is InChI=1S/C17H21N3/c1-13(2)18-12-15-7-5-9-17(19-15)20-11-10-14-6-3-4-8-16(14)20/h3-9,13,18H,10-12H2,1-2H3. The van der Waals surface area contributed by atoms with Crippen LogP contribution in [0.2, 0.25) is 0 Å². The number of benzene rings is 1. The van der Waals surface area contributed by atoms with E-state index in [0.717, 1.165) is 31.0 Å². The Balaban J connectivity index is 1.83. The fraction of sp³-hybridized carbons (Fsp3) is 0.353. The van der Waals surface area contributed by atoms with E-state index < -0.39 is 0 Å². The van der Waals surface area contributed by atoms with Crippen LogP contribution in [0.5, 0.6) is 0 Å². The van der Waals surface area contributed by atoms with Crippen molar-refractivity contribution < 1.29 is 0 Å². The first-order chi connectivity index (χ1) is 9.74. The summed E-state index contributed by atoms with van der Waals surface area (Å²) in [5, 5.41) is 3.42. The van der Waals surface area contributed by atoms with Gasteiger partial charge in [-0.05, 0) is 30.2 Å². The molecule has 0 aliphatic carbocycles. The molecule has 1 N–H and O–H groups in total. The molecule has 3 nitrogen and oxygen atoms in total. The zero-order chi connectivity index (χ0) is 13.9. The summed E-state index contributed by atoms with van der Waals surface area (Å²) >= 11 is 0. The molecule has 0 saturated carbocycles. The van der Waals surface area contributed by atoms with Gasteiger partial charge in [0.05, 0.1) is 5.69 Å². The largest absolute Gasteiger partial charge is 0.326 e. The zero-order valence-electron chi connectivity index (χ0n) is 12.1. The van der Waals surface area contributed by atoms with Crippen LogP contribution in [0, 0.1) is 0 Å². The van der Waals surface area contributed by atoms with Crippen molar-refractivity contribution in [1.29, 1.82) is 0 Å². The average Bonchev–Trinajstić information content (AvgIpc) is 2.89. The number of fused-ring (bicyclic) bond motifs is 1. The lowest BCUT2D eigenvalue weighted by atomic mass is 10.2. The Kier molecular flexibility index (Phi) is 3.70. The maximum atomic E-state index is 4.79. The highest BCUT2D eigenvalue weighted by molar-refractivity contribution is 5.67. The highest BCUT2D eigenvalue weighted by Gasteiger charge is 2.20.